The fraction of sp³-hybridized carbons (Fsp3) is 0.896. The second-order valence-electron chi connectivity index (χ2n) is 16.0. The Kier molecular flexibility index (Phi) is 42.4. The lowest BCUT2D eigenvalue weighted by atomic mass is 10.1. The molecule has 318 valence electrons. The molecule has 6 nitrogen and oxygen atoms in total. The van der Waals surface area contributed by atoms with Gasteiger partial charge in [-0.15, -0.1) is 0 Å². The van der Waals surface area contributed by atoms with E-state index in [1.54, 1.807) is 0 Å². The van der Waals surface area contributed by atoms with Crippen molar-refractivity contribution in [1.29, 1.82) is 0 Å². The molecule has 0 radical (unpaired) electrons. The van der Waals surface area contributed by atoms with E-state index in [1.807, 2.05) is 0 Å². The van der Waals surface area contributed by atoms with Crippen LogP contribution in [0.2, 0.25) is 0 Å². The van der Waals surface area contributed by atoms with Gasteiger partial charge in [0.2, 0.25) is 0 Å². The van der Waals surface area contributed by atoms with E-state index in [1.165, 1.54) is 154 Å². The molecule has 0 aromatic carbocycles. The molecule has 0 fully saturated rings. The van der Waals surface area contributed by atoms with Gasteiger partial charge in [0, 0.05) is 19.3 Å². The summed E-state index contributed by atoms with van der Waals surface area (Å²) in [7, 11) is 0. The molecule has 1 unspecified atom stereocenters. The third-order valence-electron chi connectivity index (χ3n) is 10.5. The van der Waals surface area contributed by atoms with Crippen molar-refractivity contribution in [1.82, 2.24) is 0 Å². The number of carbonyl (C=O) groups excluding carboxylic acids is 3. The van der Waals surface area contributed by atoms with Gasteiger partial charge in [0.05, 0.1) is 0 Å². The van der Waals surface area contributed by atoms with Crippen LogP contribution in [0.25, 0.3) is 0 Å². The minimum Gasteiger partial charge on any atom is -0.462 e. The van der Waals surface area contributed by atoms with Crippen LogP contribution in [0.1, 0.15) is 258 Å². The molecule has 0 heterocycles. The summed E-state index contributed by atoms with van der Waals surface area (Å²) in [5.74, 6) is -0.871. The first-order chi connectivity index (χ1) is 26.5. The Morgan fingerprint density at radius 2 is 0.611 bits per heavy atom. The van der Waals surface area contributed by atoms with Crippen LogP contribution in [0.5, 0.6) is 0 Å². The molecule has 0 aromatic rings. The molecule has 0 aromatic heterocycles. The van der Waals surface area contributed by atoms with Gasteiger partial charge in [-0.3, -0.25) is 14.4 Å². The van der Waals surface area contributed by atoms with E-state index in [-0.39, 0.29) is 31.1 Å². The summed E-state index contributed by atoms with van der Waals surface area (Å²) in [4.78, 5) is 37.7. The highest BCUT2D eigenvalue weighted by Gasteiger charge is 2.19. The zero-order valence-electron chi connectivity index (χ0n) is 36.3. The van der Waals surface area contributed by atoms with Crippen LogP contribution in [0, 0.1) is 0 Å². The molecule has 0 saturated heterocycles. The number of allylic oxidation sites excluding steroid dienone is 2. The van der Waals surface area contributed by atoms with E-state index in [0.717, 1.165) is 64.2 Å². The summed E-state index contributed by atoms with van der Waals surface area (Å²) in [6.07, 6.45) is 46.2. The molecule has 0 spiro atoms. The van der Waals surface area contributed by atoms with Gasteiger partial charge < -0.3 is 14.2 Å². The Bertz CT molecular complexity index is 839. The molecule has 0 rings (SSSR count). The molecular formula is C48H90O6. The molecule has 0 saturated carbocycles. The van der Waals surface area contributed by atoms with Crippen molar-refractivity contribution in [3.63, 3.8) is 0 Å². The van der Waals surface area contributed by atoms with Crippen LogP contribution in [0.3, 0.4) is 0 Å². The molecule has 0 amide bonds. The molecule has 0 N–H and O–H groups in total. The van der Waals surface area contributed by atoms with Gasteiger partial charge in [0.15, 0.2) is 6.10 Å². The van der Waals surface area contributed by atoms with E-state index in [4.69, 9.17) is 14.2 Å². The van der Waals surface area contributed by atoms with Gasteiger partial charge in [-0.2, -0.15) is 0 Å². The van der Waals surface area contributed by atoms with Crippen molar-refractivity contribution in [2.75, 3.05) is 13.2 Å². The van der Waals surface area contributed by atoms with Gasteiger partial charge in [-0.1, -0.05) is 206 Å². The smallest absolute Gasteiger partial charge is 0.306 e. The lowest BCUT2D eigenvalue weighted by Gasteiger charge is -2.18. The lowest BCUT2D eigenvalue weighted by molar-refractivity contribution is -0.167. The summed E-state index contributed by atoms with van der Waals surface area (Å²) in [6, 6.07) is 0. The minimum atomic E-state index is -0.764. The van der Waals surface area contributed by atoms with Crippen LogP contribution < -0.4 is 0 Å². The molecule has 0 bridgehead atoms. The van der Waals surface area contributed by atoms with E-state index in [9.17, 15) is 14.4 Å². The molecule has 0 aliphatic rings. The van der Waals surface area contributed by atoms with Gasteiger partial charge in [-0.25, -0.2) is 0 Å². The first kappa shape index (κ1) is 52.2. The molecule has 54 heavy (non-hydrogen) atoms. The van der Waals surface area contributed by atoms with Crippen molar-refractivity contribution >= 4 is 17.9 Å². The normalized spacial score (nSPS) is 12.0. The number of esters is 3. The number of unbranched alkanes of at least 4 members (excludes halogenated alkanes) is 30. The first-order valence-corrected chi connectivity index (χ1v) is 23.7. The number of hydrogen-bond donors (Lipinski definition) is 0. The van der Waals surface area contributed by atoms with Crippen LogP contribution in [0.15, 0.2) is 12.2 Å². The maximum Gasteiger partial charge on any atom is 0.306 e. The summed E-state index contributed by atoms with van der Waals surface area (Å²) >= 11 is 0. The second kappa shape index (κ2) is 43.9. The van der Waals surface area contributed by atoms with Gasteiger partial charge in [0.25, 0.3) is 0 Å². The first-order valence-electron chi connectivity index (χ1n) is 23.7. The average molecular weight is 763 g/mol. The van der Waals surface area contributed by atoms with Crippen molar-refractivity contribution in [2.24, 2.45) is 0 Å². The third-order valence-corrected chi connectivity index (χ3v) is 10.5. The van der Waals surface area contributed by atoms with Crippen molar-refractivity contribution < 1.29 is 28.6 Å². The van der Waals surface area contributed by atoms with E-state index < -0.39 is 6.10 Å². The van der Waals surface area contributed by atoms with Gasteiger partial charge >= 0.3 is 17.9 Å². The van der Waals surface area contributed by atoms with Crippen LogP contribution >= 0.6 is 0 Å². The molecule has 1 atom stereocenters. The SMILES string of the molecule is CCCCCCCCC/C=C\CCCCCCCC(=O)OCC(COC(=O)CCCCCCCCCCC)OC(=O)CCCCCCCCCCCCC. The number of rotatable bonds is 43. The molecular weight excluding hydrogens is 673 g/mol. The Labute approximate surface area is 335 Å². The average Bonchev–Trinajstić information content (AvgIpc) is 3.17. The fourth-order valence-electron chi connectivity index (χ4n) is 6.91. The topological polar surface area (TPSA) is 78.9 Å². The predicted octanol–water partition coefficient (Wildman–Crippen LogP) is 15.0. The van der Waals surface area contributed by atoms with Crippen LogP contribution in [-0.2, 0) is 28.6 Å². The maximum atomic E-state index is 12.7. The minimum absolute atomic E-state index is 0.0684. The largest absolute Gasteiger partial charge is 0.462 e. The molecule has 6 heteroatoms. The van der Waals surface area contributed by atoms with Crippen molar-refractivity contribution in [2.45, 2.75) is 264 Å². The summed E-state index contributed by atoms with van der Waals surface area (Å²) in [5, 5.41) is 0. The fourth-order valence-corrected chi connectivity index (χ4v) is 6.91. The van der Waals surface area contributed by atoms with Crippen molar-refractivity contribution in [3.8, 4) is 0 Å². The monoisotopic (exact) mass is 763 g/mol. The Morgan fingerprint density at radius 3 is 0.926 bits per heavy atom. The summed E-state index contributed by atoms with van der Waals surface area (Å²) < 4.78 is 16.7. The van der Waals surface area contributed by atoms with Crippen LogP contribution in [0.4, 0.5) is 0 Å². The van der Waals surface area contributed by atoms with Gasteiger partial charge in [-0.05, 0) is 44.9 Å². The lowest BCUT2D eigenvalue weighted by Crippen LogP contribution is -2.30. The zero-order valence-corrected chi connectivity index (χ0v) is 36.3. The van der Waals surface area contributed by atoms with Crippen molar-refractivity contribution in [3.05, 3.63) is 12.2 Å². The predicted molar refractivity (Wildman–Crippen MR) is 229 cm³/mol. The molecule has 0 aliphatic heterocycles. The number of ether oxygens (including phenoxy) is 3. The van der Waals surface area contributed by atoms with E-state index in [0.29, 0.717) is 19.3 Å². The zero-order chi connectivity index (χ0) is 39.4. The Morgan fingerprint density at radius 1 is 0.352 bits per heavy atom. The highest BCUT2D eigenvalue weighted by molar-refractivity contribution is 5.71. The number of hydrogen-bond acceptors (Lipinski definition) is 6. The van der Waals surface area contributed by atoms with E-state index >= 15 is 0 Å². The molecule has 0 aliphatic carbocycles. The maximum absolute atomic E-state index is 12.7. The Balaban J connectivity index is 4.30. The standard InChI is InChI=1S/C48H90O6/c1-4-7-10-13-16-19-21-22-23-24-25-27-29-32-35-38-41-47(50)53-44-45(43-52-46(49)40-37-34-31-28-18-15-12-9-6-3)54-48(51)42-39-36-33-30-26-20-17-14-11-8-5-2/h23-24,45H,4-22,25-44H2,1-3H3/b24-23-. The summed E-state index contributed by atoms with van der Waals surface area (Å²) in [6.45, 7) is 6.61. The third kappa shape index (κ3) is 41.3. The quantitative estimate of drug-likeness (QED) is 0.0266. The Hall–Kier alpha value is -1.85. The van der Waals surface area contributed by atoms with Gasteiger partial charge in [0.1, 0.15) is 13.2 Å². The highest BCUT2D eigenvalue weighted by atomic mass is 16.6. The second-order valence-corrected chi connectivity index (χ2v) is 16.0. The summed E-state index contributed by atoms with van der Waals surface area (Å²) in [5.41, 5.74) is 0. The van der Waals surface area contributed by atoms with E-state index in [2.05, 4.69) is 32.9 Å². The highest BCUT2D eigenvalue weighted by Crippen LogP contribution is 2.15. The van der Waals surface area contributed by atoms with Crippen LogP contribution in [-0.4, -0.2) is 37.2 Å². The number of carbonyl (C=O) groups is 3.